The summed E-state index contributed by atoms with van der Waals surface area (Å²) < 4.78 is 13.1. The minimum absolute atomic E-state index is 0.155. The van der Waals surface area contributed by atoms with Gasteiger partial charge in [-0.05, 0) is 24.1 Å². The molecule has 0 saturated carbocycles. The maximum absolute atomic E-state index is 13.1. The highest BCUT2D eigenvalue weighted by Crippen LogP contribution is 2.25. The first kappa shape index (κ1) is 13.1. The van der Waals surface area contributed by atoms with Gasteiger partial charge >= 0.3 is 0 Å². The monoisotopic (exact) mass is 289 g/mol. The molecule has 0 spiro atoms. The average molecular weight is 289 g/mol. The molecule has 0 saturated heterocycles. The van der Waals surface area contributed by atoms with Crippen LogP contribution in [0.15, 0.2) is 24.5 Å². The van der Waals surface area contributed by atoms with Gasteiger partial charge in [-0.15, -0.1) is 0 Å². The van der Waals surface area contributed by atoms with Gasteiger partial charge in [-0.3, -0.25) is 0 Å². The summed E-state index contributed by atoms with van der Waals surface area (Å²) in [6.45, 7) is 0.511. The van der Waals surface area contributed by atoms with Crippen molar-refractivity contribution in [1.82, 2.24) is 19.9 Å². The molecular weight excluding hydrogens is 277 g/mol. The maximum Gasteiger partial charge on any atom is 0.289 e. The zero-order valence-electron chi connectivity index (χ0n) is 10.8. The summed E-state index contributed by atoms with van der Waals surface area (Å²) >= 11 is 0. The normalized spacial score (nSPS) is 10.9. The number of anilines is 1. The fourth-order valence-corrected chi connectivity index (χ4v) is 1.98. The van der Waals surface area contributed by atoms with E-state index in [0.29, 0.717) is 24.3 Å². The fourth-order valence-electron chi connectivity index (χ4n) is 1.98. The van der Waals surface area contributed by atoms with Gasteiger partial charge in [0.2, 0.25) is 0 Å². The van der Waals surface area contributed by atoms with Crippen molar-refractivity contribution in [1.29, 1.82) is 0 Å². The van der Waals surface area contributed by atoms with Gasteiger partial charge in [-0.1, -0.05) is 6.07 Å². The number of aromatic amines is 1. The molecule has 7 nitrogen and oxygen atoms in total. The molecule has 108 valence electrons. The van der Waals surface area contributed by atoms with E-state index in [0.717, 1.165) is 5.56 Å². The molecule has 0 aliphatic heterocycles. The molecule has 0 aliphatic carbocycles. The van der Waals surface area contributed by atoms with Crippen LogP contribution in [0.3, 0.4) is 0 Å². The molecule has 8 heteroatoms. The lowest BCUT2D eigenvalue weighted by Crippen LogP contribution is -2.07. The Morgan fingerprint density at radius 3 is 2.86 bits per heavy atom. The Balaban J connectivity index is 1.70. The number of phenols is 2. The molecule has 21 heavy (non-hydrogen) atoms. The van der Waals surface area contributed by atoms with Crippen molar-refractivity contribution in [3.63, 3.8) is 0 Å². The lowest BCUT2D eigenvalue weighted by atomic mass is 10.1. The van der Waals surface area contributed by atoms with Crippen molar-refractivity contribution < 1.29 is 14.6 Å². The molecule has 3 aromatic rings. The lowest BCUT2D eigenvalue weighted by Gasteiger charge is -2.06. The number of aromatic hydroxyl groups is 2. The second-order valence-corrected chi connectivity index (χ2v) is 4.45. The van der Waals surface area contributed by atoms with Crippen LogP contribution in [0.25, 0.3) is 11.2 Å². The van der Waals surface area contributed by atoms with E-state index in [9.17, 15) is 14.6 Å². The number of nitrogens with one attached hydrogen (secondary N) is 2. The van der Waals surface area contributed by atoms with E-state index < -0.39 is 6.08 Å². The average Bonchev–Trinajstić information content (AvgIpc) is 2.84. The molecule has 0 unspecified atom stereocenters. The second kappa shape index (κ2) is 5.23. The van der Waals surface area contributed by atoms with Crippen molar-refractivity contribution in [3.05, 3.63) is 36.2 Å². The highest BCUT2D eigenvalue weighted by Gasteiger charge is 2.09. The minimum Gasteiger partial charge on any atom is -0.504 e. The molecule has 0 amide bonds. The highest BCUT2D eigenvalue weighted by atomic mass is 19.1. The van der Waals surface area contributed by atoms with Crippen molar-refractivity contribution >= 4 is 17.0 Å². The lowest BCUT2D eigenvalue weighted by molar-refractivity contribution is 0.403. The number of benzene rings is 1. The third kappa shape index (κ3) is 2.69. The molecule has 0 aliphatic rings. The van der Waals surface area contributed by atoms with Crippen LogP contribution in [0.5, 0.6) is 11.5 Å². The van der Waals surface area contributed by atoms with Crippen LogP contribution in [0.1, 0.15) is 5.56 Å². The molecule has 4 N–H and O–H groups in total. The number of imidazole rings is 1. The molecule has 3 rings (SSSR count). The predicted octanol–water partition coefficient (Wildman–Crippen LogP) is 1.56. The van der Waals surface area contributed by atoms with E-state index in [2.05, 4.69) is 25.3 Å². The second-order valence-electron chi connectivity index (χ2n) is 4.45. The van der Waals surface area contributed by atoms with Crippen LogP contribution < -0.4 is 5.32 Å². The summed E-state index contributed by atoms with van der Waals surface area (Å²) in [5.74, 6) is 0.143. The van der Waals surface area contributed by atoms with Crippen LogP contribution >= 0.6 is 0 Å². The van der Waals surface area contributed by atoms with Crippen LogP contribution in [0, 0.1) is 6.08 Å². The van der Waals surface area contributed by atoms with E-state index >= 15 is 0 Å². The van der Waals surface area contributed by atoms with Gasteiger partial charge in [-0.25, -0.2) is 9.97 Å². The molecular formula is C13H12FN5O2. The van der Waals surface area contributed by atoms with Gasteiger partial charge in [-0.2, -0.15) is 9.37 Å². The van der Waals surface area contributed by atoms with Crippen molar-refractivity contribution in [2.75, 3.05) is 11.9 Å². The van der Waals surface area contributed by atoms with E-state index in [1.165, 1.54) is 18.5 Å². The van der Waals surface area contributed by atoms with Crippen LogP contribution in [0.4, 0.5) is 10.2 Å². The number of rotatable bonds is 4. The number of fused-ring (bicyclic) bond motifs is 1. The fraction of sp³-hybridized carbons (Fsp3) is 0.154. The van der Waals surface area contributed by atoms with Gasteiger partial charge < -0.3 is 20.5 Å². The van der Waals surface area contributed by atoms with E-state index in [1.807, 2.05) is 0 Å². The summed E-state index contributed by atoms with van der Waals surface area (Å²) in [7, 11) is 0. The van der Waals surface area contributed by atoms with E-state index in [1.54, 1.807) is 6.07 Å². The number of H-pyrrole nitrogens is 1. The summed E-state index contributed by atoms with van der Waals surface area (Å²) in [6.07, 6.45) is 1.19. The number of halogens is 1. The van der Waals surface area contributed by atoms with Crippen molar-refractivity contribution in [2.45, 2.75) is 6.42 Å². The third-order valence-electron chi connectivity index (χ3n) is 3.01. The molecule has 1 aromatic carbocycles. The Labute approximate surface area is 118 Å². The standard InChI is InChI=1S/C13H12FN5O2/c14-13-18-10-11(16-6-17-12(10)19-13)15-4-3-7-1-2-8(20)9(21)5-7/h1-2,5-6,20-21H,3-4H2,(H2,15,16,17,18,19). The zero-order chi connectivity index (χ0) is 14.8. The highest BCUT2D eigenvalue weighted by molar-refractivity contribution is 5.81. The van der Waals surface area contributed by atoms with Crippen molar-refractivity contribution in [2.24, 2.45) is 0 Å². The Hall–Kier alpha value is -2.90. The number of hydrogen-bond donors (Lipinski definition) is 4. The number of phenolic OH excluding ortho intramolecular Hbond substituents is 2. The Kier molecular flexibility index (Phi) is 3.27. The summed E-state index contributed by atoms with van der Waals surface area (Å²) in [6, 6.07) is 4.63. The topological polar surface area (TPSA) is 107 Å². The van der Waals surface area contributed by atoms with Crippen LogP contribution in [-0.2, 0) is 6.42 Å². The smallest absolute Gasteiger partial charge is 0.289 e. The molecule has 0 bridgehead atoms. The molecule has 2 aromatic heterocycles. The van der Waals surface area contributed by atoms with Gasteiger partial charge in [0, 0.05) is 6.54 Å². The SMILES string of the molecule is Oc1ccc(CCNc2ncnc3nc(F)[nH]c23)cc1O. The summed E-state index contributed by atoms with van der Waals surface area (Å²) in [4.78, 5) is 13.9. The van der Waals surface area contributed by atoms with Crippen molar-refractivity contribution in [3.8, 4) is 11.5 Å². The van der Waals surface area contributed by atoms with E-state index in [4.69, 9.17) is 0 Å². The third-order valence-corrected chi connectivity index (χ3v) is 3.01. The maximum atomic E-state index is 13.1. The van der Waals surface area contributed by atoms with Crippen LogP contribution in [-0.4, -0.2) is 36.7 Å². The van der Waals surface area contributed by atoms with Gasteiger partial charge in [0.25, 0.3) is 6.08 Å². The quantitative estimate of drug-likeness (QED) is 0.429. The summed E-state index contributed by atoms with van der Waals surface area (Å²) in [5, 5.41) is 21.7. The first-order valence-corrected chi connectivity index (χ1v) is 6.24. The Morgan fingerprint density at radius 2 is 2.05 bits per heavy atom. The number of aromatic nitrogens is 4. The van der Waals surface area contributed by atoms with Gasteiger partial charge in [0.1, 0.15) is 11.8 Å². The Morgan fingerprint density at radius 1 is 1.19 bits per heavy atom. The minimum atomic E-state index is -0.711. The number of hydrogen-bond acceptors (Lipinski definition) is 6. The first-order chi connectivity index (χ1) is 10.1. The largest absolute Gasteiger partial charge is 0.504 e. The first-order valence-electron chi connectivity index (χ1n) is 6.24. The van der Waals surface area contributed by atoms with E-state index in [-0.39, 0.29) is 17.1 Å². The predicted molar refractivity (Wildman–Crippen MR) is 73.6 cm³/mol. The summed E-state index contributed by atoms with van der Waals surface area (Å²) in [5.41, 5.74) is 1.51. The Bertz CT molecular complexity index is 789. The molecule has 0 radical (unpaired) electrons. The number of nitrogens with zero attached hydrogens (tertiary/aromatic N) is 3. The molecule has 0 fully saturated rings. The molecule has 2 heterocycles. The van der Waals surface area contributed by atoms with Crippen LogP contribution in [0.2, 0.25) is 0 Å². The van der Waals surface area contributed by atoms with Gasteiger partial charge in [0.15, 0.2) is 23.0 Å². The van der Waals surface area contributed by atoms with Gasteiger partial charge in [0.05, 0.1) is 0 Å². The zero-order valence-corrected chi connectivity index (χ0v) is 10.8. The molecule has 0 atom stereocenters.